The topological polar surface area (TPSA) is 54.8 Å². The molecule has 53 heavy (non-hydrogen) atoms. The highest BCUT2D eigenvalue weighted by Crippen LogP contribution is 2.32. The van der Waals surface area contributed by atoms with E-state index in [1.165, 1.54) is 0 Å². The lowest BCUT2D eigenvalue weighted by molar-refractivity contribution is -0.137. The largest absolute Gasteiger partial charge is 0.416 e. The molecule has 4 aromatic carbocycles. The van der Waals surface area contributed by atoms with Crippen LogP contribution < -0.4 is 5.43 Å². The van der Waals surface area contributed by atoms with Crippen LogP contribution in [-0.2, 0) is 34.5 Å². The zero-order valence-electron chi connectivity index (χ0n) is 55.0. The highest BCUT2D eigenvalue weighted by Gasteiger charge is 2.31. The maximum Gasteiger partial charge on any atom is 0.416 e. The summed E-state index contributed by atoms with van der Waals surface area (Å²) >= 11 is -0.0418. The highest BCUT2D eigenvalue weighted by molar-refractivity contribution is 7.98. The zero-order valence-corrected chi connectivity index (χ0v) is 27.8. The Morgan fingerprint density at radius 3 is 2.43 bits per heavy atom. The quantitative estimate of drug-likeness (QED) is 0.0938. The number of piperidine rings is 1. The average molecular weight is 778 g/mol. The number of hydrogen-bond donors (Lipinski definition) is 0. The minimum Gasteiger partial charge on any atom is -0.383 e. The van der Waals surface area contributed by atoms with Crippen molar-refractivity contribution in [2.75, 3.05) is 33.2 Å². The summed E-state index contributed by atoms with van der Waals surface area (Å²) in [5.74, 6) is -7.53. The molecule has 1 aromatic heterocycles. The van der Waals surface area contributed by atoms with Crippen molar-refractivity contribution in [3.8, 4) is 11.1 Å². The molecule has 6 rings (SSSR count). The van der Waals surface area contributed by atoms with Crippen LogP contribution in [0.5, 0.6) is 0 Å². The van der Waals surface area contributed by atoms with E-state index in [0.717, 1.165) is 7.11 Å². The molecule has 0 N–H and O–H groups in total. The van der Waals surface area contributed by atoms with Gasteiger partial charge in [0, 0.05) is 75.6 Å². The number of likely N-dealkylation sites (tertiary alicyclic amines) is 1. The Kier molecular flexibility index (Phi) is 5.17. The Bertz CT molecular complexity index is 3470. The lowest BCUT2D eigenvalue weighted by atomic mass is 9.97. The first-order chi connectivity index (χ1) is 36.6. The normalized spacial score (nSPS) is 26.7. The smallest absolute Gasteiger partial charge is 0.383 e. The number of alkyl halides is 3. The second-order valence-corrected chi connectivity index (χ2v) is 11.4. The number of carbonyl (C=O) groups excluding carboxylic acids is 1. The number of methoxy groups -OCH3 is 1. The molecule has 0 saturated carbocycles. The number of rotatable bonds is 12. The van der Waals surface area contributed by atoms with Gasteiger partial charge in [-0.15, -0.1) is 11.8 Å². The van der Waals surface area contributed by atoms with Crippen molar-refractivity contribution in [3.63, 3.8) is 0 Å². The number of carbonyl (C=O) groups is 1. The third-order valence-corrected chi connectivity index (χ3v) is 7.94. The Morgan fingerprint density at radius 2 is 1.72 bits per heavy atom. The van der Waals surface area contributed by atoms with Crippen molar-refractivity contribution in [2.24, 2.45) is 0 Å². The van der Waals surface area contributed by atoms with Gasteiger partial charge < -0.3 is 19.1 Å². The number of nitrogens with zero attached hydrogens (tertiary/aromatic N) is 3. The first kappa shape index (κ1) is 16.5. The molecule has 1 saturated heterocycles. The van der Waals surface area contributed by atoms with E-state index >= 15 is 9.18 Å². The molecule has 6 nitrogen and oxygen atoms in total. The van der Waals surface area contributed by atoms with Gasteiger partial charge in [-0.3, -0.25) is 9.59 Å². The van der Waals surface area contributed by atoms with E-state index in [9.17, 15) is 32.0 Å². The fourth-order valence-electron chi connectivity index (χ4n) is 4.38. The molecule has 0 aliphatic carbocycles. The minimum absolute atomic E-state index is 0.0418. The number of aromatic nitrogens is 1. The van der Waals surface area contributed by atoms with Crippen LogP contribution in [0.4, 0.5) is 22.0 Å². The predicted molar refractivity (Wildman–Crippen MR) is 198 cm³/mol. The second kappa shape index (κ2) is 16.7. The number of halogens is 5. The number of para-hydroxylation sites is 1. The molecular formula is C41H40F5N3O3S. The van der Waals surface area contributed by atoms with Crippen LogP contribution in [0.3, 0.4) is 0 Å². The van der Waals surface area contributed by atoms with Crippen LogP contribution in [0.15, 0.2) is 100 Å². The van der Waals surface area contributed by atoms with Gasteiger partial charge in [0.15, 0.2) is 17.1 Å². The van der Waals surface area contributed by atoms with Gasteiger partial charge in [0.1, 0.15) is 6.54 Å². The van der Waals surface area contributed by atoms with E-state index in [4.69, 9.17) is 33.5 Å². The molecule has 0 spiro atoms. The molecule has 0 atom stereocenters. The number of fused-ring (bicyclic) bond motifs is 1. The number of hydrogen-bond acceptors (Lipinski definition) is 5. The molecule has 1 fully saturated rings. The summed E-state index contributed by atoms with van der Waals surface area (Å²) < 4.78 is 324. The molecule has 5 aromatic rings. The van der Waals surface area contributed by atoms with Gasteiger partial charge in [-0.1, -0.05) is 54.4 Å². The van der Waals surface area contributed by atoms with Crippen molar-refractivity contribution in [3.05, 3.63) is 135 Å². The van der Waals surface area contributed by atoms with E-state index in [2.05, 4.69) is 0 Å². The number of ether oxygens (including phenoxy) is 1. The highest BCUT2D eigenvalue weighted by atomic mass is 32.2. The van der Waals surface area contributed by atoms with Gasteiger partial charge in [0.2, 0.25) is 5.91 Å². The van der Waals surface area contributed by atoms with Gasteiger partial charge in [-0.2, -0.15) is 13.2 Å². The fourth-order valence-corrected chi connectivity index (χ4v) is 5.34. The Hall–Kier alpha value is -4.52. The molecule has 2 heterocycles. The molecule has 278 valence electrons. The second-order valence-electron chi connectivity index (χ2n) is 10.4. The summed E-state index contributed by atoms with van der Waals surface area (Å²) in [5.41, 5.74) is -11.2. The lowest BCUT2D eigenvalue weighted by Crippen LogP contribution is -2.48. The van der Waals surface area contributed by atoms with Crippen LogP contribution in [-0.4, -0.2) is 59.5 Å². The third kappa shape index (κ3) is 9.00. The van der Waals surface area contributed by atoms with Gasteiger partial charge in [0.05, 0.1) is 47.4 Å². The summed E-state index contributed by atoms with van der Waals surface area (Å²) in [6.45, 7) is -20.1. The summed E-state index contributed by atoms with van der Waals surface area (Å²) in [6, 6.07) is -26.5. The lowest BCUT2D eigenvalue weighted by Gasteiger charge is -2.39. The van der Waals surface area contributed by atoms with Crippen molar-refractivity contribution in [2.45, 2.75) is 55.7 Å². The molecular weight excluding hydrogens is 710 g/mol. The van der Waals surface area contributed by atoms with Crippen molar-refractivity contribution in [1.82, 2.24) is 14.4 Å². The van der Waals surface area contributed by atoms with Crippen LogP contribution in [0.25, 0.3) is 22.0 Å². The molecule has 0 radical (unpaired) electrons. The third-order valence-electron chi connectivity index (χ3n) is 6.91. The van der Waals surface area contributed by atoms with Gasteiger partial charge in [0.25, 0.3) is 0 Å². The average Bonchev–Trinajstić information content (AvgIpc) is 3.33. The predicted octanol–water partition coefficient (Wildman–Crippen LogP) is 8.71. The molecule has 12 heteroatoms. The Labute approximate surface area is 348 Å². The van der Waals surface area contributed by atoms with Crippen molar-refractivity contribution >= 4 is 28.6 Å². The van der Waals surface area contributed by atoms with E-state index in [1.807, 2.05) is 0 Å². The van der Waals surface area contributed by atoms with Gasteiger partial charge >= 0.3 is 6.18 Å². The minimum atomic E-state index is -5.54. The van der Waals surface area contributed by atoms with Crippen LogP contribution in [0.2, 0.25) is 0 Å². The number of pyridine rings is 1. The number of thioether (sulfide) groups is 1. The molecule has 0 bridgehead atoms. The van der Waals surface area contributed by atoms with E-state index in [-0.39, 0.29) is 16.3 Å². The van der Waals surface area contributed by atoms with Crippen LogP contribution >= 0.6 is 11.8 Å². The van der Waals surface area contributed by atoms with Crippen molar-refractivity contribution < 1.29 is 69.9 Å². The number of benzene rings is 4. The summed E-state index contributed by atoms with van der Waals surface area (Å²) in [7, 11) is 0.800. The summed E-state index contributed by atoms with van der Waals surface area (Å²) in [6.07, 6.45) is -15.1. The van der Waals surface area contributed by atoms with E-state index in [1.54, 1.807) is 0 Å². The molecule has 0 unspecified atom stereocenters. The molecule has 1 aliphatic rings. The van der Waals surface area contributed by atoms with Gasteiger partial charge in [-0.25, -0.2) is 8.78 Å². The Morgan fingerprint density at radius 1 is 1.00 bits per heavy atom. The standard InChI is InChI=1S/C41H40F5N3O3S/c1-27-22-29(28-12-14-32(15-13-28)41(44,45)46)10-11-30(27)24-48(33-16-18-47(19-17-33)20-21-52-2)38(51)25-49-36-9-4-3-7-34(36)37(50)23-39(49)53-26-31-6-5-8-35(42)40(31)43/h3-15,22-23,33H,16-21,24-26H2,1-2H3/i3D,4D,5D,6D,7D,8D,9D,10D,11D,12D,13D,14D,15D,16D2,17D2,18D2,19D2,20D2,22D,23D,24D2,33D. The summed E-state index contributed by atoms with van der Waals surface area (Å²) in [5, 5.41) is -2.28. The van der Waals surface area contributed by atoms with E-state index in [0.29, 0.717) is 6.92 Å². The summed E-state index contributed by atoms with van der Waals surface area (Å²) in [4.78, 5) is 28.2. The molecule has 1 amide bonds. The first-order valence-electron chi connectivity index (χ1n) is 28.7. The van der Waals surface area contributed by atoms with Gasteiger partial charge in [-0.05, 0) is 72.1 Å². The number of amides is 1. The monoisotopic (exact) mass is 777 g/mol. The maximum absolute atomic E-state index is 15.8. The molecule has 1 aliphatic heterocycles. The first-order valence-corrected chi connectivity index (χ1v) is 15.7. The Balaban J connectivity index is 1.80. The fraction of sp³-hybridized carbons (Fsp3) is 0.317. The van der Waals surface area contributed by atoms with Crippen molar-refractivity contribution in [1.29, 1.82) is 0 Å². The maximum atomic E-state index is 15.8. The van der Waals surface area contributed by atoms with Crippen LogP contribution in [0.1, 0.15) is 73.4 Å². The SMILES string of the molecule is [2H]c1c([2H])c(F)c(F)c(CSc2c([2H])c(=O)c3c([2H])c([2H])c([2H])c([2H])c3n2CC(=O)N(C([2H])([2H])c2c([2H])c([2H])c(-c3c([2H])c([2H])c(C(F)(F)F)c([2H])c3[2H])c([2H])c2C)C2([2H])C([2H])([2H])C([2H])([2H])N(C([2H])([2H])COC)C([2H])([2H])C2([2H])[2H])c1[2H]. The van der Waals surface area contributed by atoms with E-state index < -0.39 is 243 Å². The van der Waals surface area contributed by atoms with Crippen LogP contribution in [0, 0.1) is 18.6 Å². The zero-order chi connectivity index (χ0) is 62.4.